The molecule has 0 atom stereocenters. The van der Waals surface area contributed by atoms with Crippen molar-refractivity contribution in [1.29, 1.82) is 0 Å². The molecule has 0 aliphatic heterocycles. The second kappa shape index (κ2) is 10.5. The van der Waals surface area contributed by atoms with Gasteiger partial charge < -0.3 is 9.47 Å². The molecule has 15 heavy (non-hydrogen) atoms. The Balaban J connectivity index is 0. The molecule has 0 unspecified atom stereocenters. The van der Waals surface area contributed by atoms with Crippen LogP contribution in [0.25, 0.3) is 0 Å². The van der Waals surface area contributed by atoms with Crippen LogP contribution >= 0.6 is 8.25 Å². The van der Waals surface area contributed by atoms with Crippen LogP contribution < -0.4 is 0 Å². The Labute approximate surface area is 86.6 Å². The van der Waals surface area contributed by atoms with Crippen molar-refractivity contribution < 1.29 is 33.4 Å². The number of esters is 2. The Morgan fingerprint density at radius 3 is 1.60 bits per heavy atom. The van der Waals surface area contributed by atoms with Crippen molar-refractivity contribution in [2.24, 2.45) is 0 Å². The third kappa shape index (κ3) is 19.0. The molecule has 8 heteroatoms. The zero-order valence-corrected chi connectivity index (χ0v) is 8.55. The molecule has 0 spiro atoms. The predicted molar refractivity (Wildman–Crippen MR) is 49.5 cm³/mol. The fourth-order valence-corrected chi connectivity index (χ4v) is 0.263. The Kier molecular flexibility index (Phi) is 11.1. The maximum absolute atomic E-state index is 10.3. The van der Waals surface area contributed by atoms with Gasteiger partial charge in [0, 0.05) is 16.7 Å². The Hall–Kier alpha value is -1.56. The Morgan fingerprint density at radius 1 is 1.13 bits per heavy atom. The van der Waals surface area contributed by atoms with Gasteiger partial charge in [-0.05, 0) is 0 Å². The number of ether oxygens (including phenoxy) is 2. The first-order chi connectivity index (χ1) is 6.93. The second-order valence-electron chi connectivity index (χ2n) is 1.71. The zero-order valence-electron chi connectivity index (χ0n) is 7.66. The summed E-state index contributed by atoms with van der Waals surface area (Å²) in [6, 6.07) is 0. The van der Waals surface area contributed by atoms with E-state index in [4.69, 9.17) is 14.4 Å². The van der Waals surface area contributed by atoms with Gasteiger partial charge in [0.15, 0.2) is 0 Å². The van der Waals surface area contributed by atoms with Crippen molar-refractivity contribution in [3.8, 4) is 0 Å². The van der Waals surface area contributed by atoms with Crippen molar-refractivity contribution in [3.05, 3.63) is 25.3 Å². The molecule has 0 bridgehead atoms. The van der Waals surface area contributed by atoms with E-state index in [1.54, 1.807) is 0 Å². The molecule has 7 nitrogen and oxygen atoms in total. The highest BCUT2D eigenvalue weighted by atomic mass is 31.1. The number of carbonyl (C=O) groups is 2. The molecule has 0 saturated heterocycles. The molecule has 2 N–H and O–H groups in total. The summed E-state index contributed by atoms with van der Waals surface area (Å²) in [5, 5.41) is 0. The molecule has 0 aromatic rings. The number of rotatable bonds is 4. The van der Waals surface area contributed by atoms with E-state index < -0.39 is 27.0 Å². The molecular formula is C7H10O7P+. The van der Waals surface area contributed by atoms with Crippen molar-refractivity contribution in [2.45, 2.75) is 0 Å². The second-order valence-corrected chi connectivity index (χ2v) is 2.21. The largest absolute Gasteiger partial charge is 0.692 e. The van der Waals surface area contributed by atoms with E-state index in [0.29, 0.717) is 0 Å². The summed E-state index contributed by atoms with van der Waals surface area (Å²) in [5.74, 6) is -1.27. The molecule has 0 aromatic heterocycles. The summed E-state index contributed by atoms with van der Waals surface area (Å²) >= 11 is 0. The maximum Gasteiger partial charge on any atom is 0.692 e. The third-order valence-corrected chi connectivity index (χ3v) is 0.736. The van der Waals surface area contributed by atoms with E-state index in [0.717, 1.165) is 12.2 Å². The first kappa shape index (κ1) is 15.9. The van der Waals surface area contributed by atoms with Crippen LogP contribution in [-0.4, -0.2) is 28.5 Å². The van der Waals surface area contributed by atoms with Crippen molar-refractivity contribution in [2.75, 3.05) is 6.79 Å². The van der Waals surface area contributed by atoms with Gasteiger partial charge in [-0.25, -0.2) is 9.59 Å². The fraction of sp³-hybridized carbons (Fsp3) is 0.143. The molecule has 0 aliphatic carbocycles. The van der Waals surface area contributed by atoms with Gasteiger partial charge in [-0.1, -0.05) is 13.2 Å². The molecule has 0 heterocycles. The van der Waals surface area contributed by atoms with E-state index in [-0.39, 0.29) is 0 Å². The van der Waals surface area contributed by atoms with Crippen LogP contribution in [0.3, 0.4) is 0 Å². The number of carbonyl (C=O) groups excluding carboxylic acids is 2. The summed E-state index contributed by atoms with van der Waals surface area (Å²) in [5.41, 5.74) is 0. The fourth-order valence-electron chi connectivity index (χ4n) is 0.263. The van der Waals surface area contributed by atoms with Crippen molar-refractivity contribution >= 4 is 20.2 Å². The van der Waals surface area contributed by atoms with Gasteiger partial charge in [-0.2, -0.15) is 0 Å². The van der Waals surface area contributed by atoms with Gasteiger partial charge in [-0.3, -0.25) is 0 Å². The van der Waals surface area contributed by atoms with E-state index in [2.05, 4.69) is 22.6 Å². The average molecular weight is 237 g/mol. The van der Waals surface area contributed by atoms with Crippen LogP contribution in [0, 0.1) is 0 Å². The third-order valence-electron chi connectivity index (χ3n) is 0.736. The Morgan fingerprint density at radius 2 is 1.40 bits per heavy atom. The lowest BCUT2D eigenvalue weighted by molar-refractivity contribution is -0.160. The highest BCUT2D eigenvalue weighted by Crippen LogP contribution is 1.98. The van der Waals surface area contributed by atoms with Crippen LogP contribution in [-0.2, 0) is 23.6 Å². The summed E-state index contributed by atoms with van der Waals surface area (Å²) in [7, 11) is -2.87. The molecule has 0 amide bonds. The summed E-state index contributed by atoms with van der Waals surface area (Å²) in [6.45, 7) is 5.88. The van der Waals surface area contributed by atoms with Crippen LogP contribution in [0.2, 0.25) is 0 Å². The lowest BCUT2D eigenvalue weighted by atomic mass is 10.7. The van der Waals surface area contributed by atoms with Gasteiger partial charge in [-0.15, -0.1) is 9.79 Å². The highest BCUT2D eigenvalue weighted by molar-refractivity contribution is 7.30. The summed E-state index contributed by atoms with van der Waals surface area (Å²) < 4.78 is 17.3. The first-order valence-electron chi connectivity index (χ1n) is 3.37. The highest BCUT2D eigenvalue weighted by Gasteiger charge is 1.97. The molecule has 0 aliphatic rings. The quantitative estimate of drug-likeness (QED) is 0.307. The van der Waals surface area contributed by atoms with Crippen LogP contribution in [0.4, 0.5) is 0 Å². The molecule has 0 aromatic carbocycles. The van der Waals surface area contributed by atoms with E-state index in [1.807, 2.05) is 0 Å². The topological polar surface area (TPSA) is 110 Å². The molecular weight excluding hydrogens is 227 g/mol. The zero-order chi connectivity index (χ0) is 12.3. The van der Waals surface area contributed by atoms with E-state index in [1.165, 1.54) is 0 Å². The van der Waals surface area contributed by atoms with E-state index >= 15 is 0 Å². The molecule has 0 radical (unpaired) electrons. The lowest BCUT2D eigenvalue weighted by Gasteiger charge is -2.00. The number of hydrogen-bond donors (Lipinski definition) is 2. The smallest absolute Gasteiger partial charge is 0.425 e. The minimum Gasteiger partial charge on any atom is -0.425 e. The van der Waals surface area contributed by atoms with Gasteiger partial charge in [0.1, 0.15) is 0 Å². The van der Waals surface area contributed by atoms with E-state index in [9.17, 15) is 9.59 Å². The predicted octanol–water partition coefficient (Wildman–Crippen LogP) is 0.0307. The van der Waals surface area contributed by atoms with Crippen molar-refractivity contribution in [3.63, 3.8) is 0 Å². The standard InChI is InChI=1S/C7H8O4.HO3P/c1-3-6(8)10-5-11-7(9)4-2;1-4(2)3/h3-4H,1-2,5H2;(H-,1,2,3)/p+1. The summed E-state index contributed by atoms with van der Waals surface area (Å²) in [4.78, 5) is 34.9. The molecule has 0 rings (SSSR count). The van der Waals surface area contributed by atoms with Gasteiger partial charge >= 0.3 is 20.2 Å². The first-order valence-corrected chi connectivity index (χ1v) is 4.54. The van der Waals surface area contributed by atoms with Crippen LogP contribution in [0.1, 0.15) is 0 Å². The van der Waals surface area contributed by atoms with Crippen molar-refractivity contribution in [1.82, 2.24) is 0 Å². The normalized spacial score (nSPS) is 7.60. The van der Waals surface area contributed by atoms with Crippen LogP contribution in [0.15, 0.2) is 25.3 Å². The molecule has 84 valence electrons. The molecule has 0 saturated carbocycles. The van der Waals surface area contributed by atoms with Gasteiger partial charge in [0.25, 0.3) is 0 Å². The SMILES string of the molecule is C=CC(=O)OCOC(=O)C=C.O=[P+](O)O. The Bertz CT molecular complexity index is 236. The summed E-state index contributed by atoms with van der Waals surface area (Å²) in [6.07, 6.45) is 1.95. The lowest BCUT2D eigenvalue weighted by Crippen LogP contribution is -2.08. The molecule has 0 fully saturated rings. The average Bonchev–Trinajstić information content (AvgIpc) is 2.16. The van der Waals surface area contributed by atoms with Gasteiger partial charge in [0.2, 0.25) is 6.79 Å². The maximum atomic E-state index is 10.3. The monoisotopic (exact) mass is 237 g/mol. The van der Waals surface area contributed by atoms with Gasteiger partial charge in [0.05, 0.1) is 0 Å². The minimum absolute atomic E-state index is 0.407. The number of hydrogen-bond acceptors (Lipinski definition) is 5. The minimum atomic E-state index is -2.87. The van der Waals surface area contributed by atoms with Crippen LogP contribution in [0.5, 0.6) is 0 Å².